The summed E-state index contributed by atoms with van der Waals surface area (Å²) in [5.74, 6) is -1.74. The Morgan fingerprint density at radius 1 is 1.28 bits per heavy atom. The summed E-state index contributed by atoms with van der Waals surface area (Å²) in [5, 5.41) is 10.6. The fraction of sp³-hybridized carbons (Fsp3) is 0.571. The first kappa shape index (κ1) is 12.1. The third-order valence-corrected chi connectivity index (χ3v) is 4.12. The fourth-order valence-corrected chi connectivity index (χ4v) is 2.80. The van der Waals surface area contributed by atoms with Crippen LogP contribution in [0.2, 0.25) is 0 Å². The molecule has 1 aliphatic heterocycles. The molecule has 2 fully saturated rings. The fourth-order valence-electron chi connectivity index (χ4n) is 2.80. The van der Waals surface area contributed by atoms with Gasteiger partial charge in [0.25, 0.3) is 0 Å². The lowest BCUT2D eigenvalue weighted by Gasteiger charge is -2.25. The van der Waals surface area contributed by atoms with Crippen molar-refractivity contribution >= 4 is 0 Å². The van der Waals surface area contributed by atoms with Crippen molar-refractivity contribution in [3.63, 3.8) is 0 Å². The molecule has 1 aromatic carbocycles. The molecule has 0 aromatic heterocycles. The van der Waals surface area contributed by atoms with Gasteiger partial charge in [0.05, 0.1) is 0 Å². The van der Waals surface area contributed by atoms with Crippen molar-refractivity contribution in [3.05, 3.63) is 34.9 Å². The average molecular weight is 253 g/mol. The third kappa shape index (κ3) is 1.84. The summed E-state index contributed by atoms with van der Waals surface area (Å²) in [5.41, 5.74) is -0.855. The number of hydrogen-bond acceptors (Lipinski definition) is 2. The summed E-state index contributed by atoms with van der Waals surface area (Å²) in [6.07, 6.45) is 2.78. The van der Waals surface area contributed by atoms with E-state index in [-0.39, 0.29) is 11.1 Å². The number of hydrogen-bond donors (Lipinski definition) is 1. The molecule has 1 saturated carbocycles. The van der Waals surface area contributed by atoms with Crippen LogP contribution in [0.1, 0.15) is 30.4 Å². The molecule has 0 spiro atoms. The Bertz CT molecular complexity index is 487. The molecular weight excluding hydrogens is 236 g/mol. The molecule has 2 aliphatic rings. The molecule has 1 heterocycles. The van der Waals surface area contributed by atoms with Crippen molar-refractivity contribution in [1.29, 1.82) is 0 Å². The van der Waals surface area contributed by atoms with E-state index in [0.717, 1.165) is 19.4 Å². The van der Waals surface area contributed by atoms with Gasteiger partial charge < -0.3 is 5.11 Å². The predicted octanol–water partition coefficient (Wildman–Crippen LogP) is 2.33. The Morgan fingerprint density at radius 2 is 2.00 bits per heavy atom. The third-order valence-electron chi connectivity index (χ3n) is 4.12. The molecule has 1 unspecified atom stereocenters. The van der Waals surface area contributed by atoms with Crippen LogP contribution in [0.25, 0.3) is 0 Å². The quantitative estimate of drug-likeness (QED) is 0.874. The highest BCUT2D eigenvalue weighted by Crippen LogP contribution is 2.39. The van der Waals surface area contributed by atoms with Crippen LogP contribution >= 0.6 is 0 Å². The van der Waals surface area contributed by atoms with E-state index in [4.69, 9.17) is 0 Å². The Hall–Kier alpha value is -1.00. The molecule has 1 saturated heterocycles. The summed E-state index contributed by atoms with van der Waals surface area (Å²) < 4.78 is 27.5. The van der Waals surface area contributed by atoms with Gasteiger partial charge in [0.2, 0.25) is 0 Å². The zero-order valence-corrected chi connectivity index (χ0v) is 10.4. The van der Waals surface area contributed by atoms with Crippen LogP contribution in [0.15, 0.2) is 12.1 Å². The van der Waals surface area contributed by atoms with Gasteiger partial charge in [0.15, 0.2) is 11.6 Å². The number of nitrogens with zero attached hydrogens (tertiary/aromatic N) is 1. The first-order chi connectivity index (χ1) is 8.51. The van der Waals surface area contributed by atoms with Crippen LogP contribution in [-0.2, 0) is 5.60 Å². The molecular formula is C14H17F2NO. The van der Waals surface area contributed by atoms with Crippen molar-refractivity contribution in [3.8, 4) is 0 Å². The van der Waals surface area contributed by atoms with Crippen LogP contribution in [0.3, 0.4) is 0 Å². The maximum Gasteiger partial charge on any atom is 0.165 e. The average Bonchev–Trinajstić information content (AvgIpc) is 3.10. The van der Waals surface area contributed by atoms with Gasteiger partial charge >= 0.3 is 0 Å². The summed E-state index contributed by atoms with van der Waals surface area (Å²) in [7, 11) is 0. The monoisotopic (exact) mass is 253 g/mol. The number of rotatable bonds is 2. The summed E-state index contributed by atoms with van der Waals surface area (Å²) in [4.78, 5) is 2.18. The molecule has 1 N–H and O–H groups in total. The van der Waals surface area contributed by atoms with E-state index < -0.39 is 17.2 Å². The Balaban J connectivity index is 1.92. The van der Waals surface area contributed by atoms with E-state index in [9.17, 15) is 13.9 Å². The van der Waals surface area contributed by atoms with E-state index in [1.54, 1.807) is 0 Å². The molecule has 1 atom stereocenters. The van der Waals surface area contributed by atoms with E-state index in [1.165, 1.54) is 19.1 Å². The molecule has 3 rings (SSSR count). The van der Waals surface area contributed by atoms with Crippen LogP contribution in [0, 0.1) is 18.6 Å². The lowest BCUT2D eigenvalue weighted by molar-refractivity contribution is 0.0409. The van der Waals surface area contributed by atoms with Crippen molar-refractivity contribution in [2.24, 2.45) is 0 Å². The maximum atomic E-state index is 13.9. The minimum absolute atomic E-state index is 0.105. The van der Waals surface area contributed by atoms with E-state index >= 15 is 0 Å². The highest BCUT2D eigenvalue weighted by molar-refractivity contribution is 5.31. The van der Waals surface area contributed by atoms with Crippen molar-refractivity contribution < 1.29 is 13.9 Å². The Labute approximate surface area is 105 Å². The van der Waals surface area contributed by atoms with Crippen molar-refractivity contribution in [2.45, 2.75) is 37.8 Å². The molecule has 0 bridgehead atoms. The van der Waals surface area contributed by atoms with Crippen LogP contribution in [-0.4, -0.2) is 29.1 Å². The number of aryl methyl sites for hydroxylation is 1. The lowest BCUT2D eigenvalue weighted by Crippen LogP contribution is -2.33. The topological polar surface area (TPSA) is 23.5 Å². The number of halogens is 2. The molecule has 98 valence electrons. The van der Waals surface area contributed by atoms with Crippen LogP contribution in [0.5, 0.6) is 0 Å². The van der Waals surface area contributed by atoms with Gasteiger partial charge in [0.1, 0.15) is 5.60 Å². The first-order valence-electron chi connectivity index (χ1n) is 6.43. The van der Waals surface area contributed by atoms with Gasteiger partial charge in [-0.15, -0.1) is 0 Å². The number of aliphatic hydroxyl groups is 1. The van der Waals surface area contributed by atoms with Crippen LogP contribution < -0.4 is 0 Å². The second-order valence-corrected chi connectivity index (χ2v) is 5.54. The van der Waals surface area contributed by atoms with Crippen molar-refractivity contribution in [2.75, 3.05) is 13.1 Å². The standard InChI is InChI=1S/C14H17F2NO/c1-9-2-5-11(13(16)12(9)15)14(18)6-7-17(8-14)10-3-4-10/h2,5,10,18H,3-4,6-8H2,1H3. The molecule has 0 radical (unpaired) electrons. The highest BCUT2D eigenvalue weighted by atomic mass is 19.2. The van der Waals surface area contributed by atoms with E-state index in [2.05, 4.69) is 4.90 Å². The van der Waals surface area contributed by atoms with Crippen molar-refractivity contribution in [1.82, 2.24) is 4.90 Å². The van der Waals surface area contributed by atoms with Gasteiger partial charge in [0, 0.05) is 24.7 Å². The smallest absolute Gasteiger partial charge is 0.165 e. The Morgan fingerprint density at radius 3 is 2.67 bits per heavy atom. The molecule has 1 aliphatic carbocycles. The maximum absolute atomic E-state index is 13.9. The van der Waals surface area contributed by atoms with Gasteiger partial charge in [-0.25, -0.2) is 8.78 Å². The van der Waals surface area contributed by atoms with Gasteiger partial charge in [-0.1, -0.05) is 12.1 Å². The van der Waals surface area contributed by atoms with E-state index in [0.29, 0.717) is 19.0 Å². The van der Waals surface area contributed by atoms with E-state index in [1.807, 2.05) is 0 Å². The molecule has 0 amide bonds. The summed E-state index contributed by atoms with van der Waals surface area (Å²) in [6, 6.07) is 3.59. The van der Waals surface area contributed by atoms with Gasteiger partial charge in [-0.3, -0.25) is 4.90 Å². The molecule has 1 aromatic rings. The number of likely N-dealkylation sites (tertiary alicyclic amines) is 1. The second-order valence-electron chi connectivity index (χ2n) is 5.54. The highest BCUT2D eigenvalue weighted by Gasteiger charge is 2.44. The molecule has 18 heavy (non-hydrogen) atoms. The SMILES string of the molecule is Cc1ccc(C2(O)CCN(C3CC3)C2)c(F)c1F. The van der Waals surface area contributed by atoms with Gasteiger partial charge in [-0.05, 0) is 31.7 Å². The zero-order chi connectivity index (χ0) is 12.9. The number of benzene rings is 1. The summed E-state index contributed by atoms with van der Waals surface area (Å²) >= 11 is 0. The van der Waals surface area contributed by atoms with Crippen LogP contribution in [0.4, 0.5) is 8.78 Å². The first-order valence-corrected chi connectivity index (χ1v) is 6.43. The Kier molecular flexibility index (Phi) is 2.68. The lowest BCUT2D eigenvalue weighted by atomic mass is 9.91. The molecule has 2 nitrogen and oxygen atoms in total. The number of β-amino-alcohol motifs (C(OH)–C–C–N with tert-alkyl or cyclic N) is 1. The van der Waals surface area contributed by atoms with Gasteiger partial charge in [-0.2, -0.15) is 0 Å². The molecule has 4 heteroatoms. The largest absolute Gasteiger partial charge is 0.384 e. The minimum Gasteiger partial charge on any atom is -0.384 e. The second kappa shape index (κ2) is 4.00. The minimum atomic E-state index is -1.23. The zero-order valence-electron chi connectivity index (χ0n) is 10.4. The predicted molar refractivity (Wildman–Crippen MR) is 64.2 cm³/mol. The normalized spacial score (nSPS) is 28.9. The summed E-state index contributed by atoms with van der Waals surface area (Å²) in [6.45, 7) is 2.70.